The Labute approximate surface area is 268 Å². The average Bonchev–Trinajstić information content (AvgIpc) is 3.49. The Morgan fingerprint density at radius 3 is 2.15 bits per heavy atom. The molecule has 2 amide bonds. The molecule has 46 heavy (non-hydrogen) atoms. The number of benzene rings is 2. The van der Waals surface area contributed by atoms with Crippen LogP contribution in [0.5, 0.6) is 11.5 Å². The molecule has 0 aliphatic heterocycles. The highest BCUT2D eigenvalue weighted by atomic mass is 16.5. The SMILES string of the molecule is COc1cccc(OC)c1-c1cc(C(=O)NC2(C(=O)O)C3CC4CC(C3)CC2C4)nn1-c1ccc(C(=O)NCCN)cc1C(C)C. The van der Waals surface area contributed by atoms with E-state index in [1.54, 1.807) is 43.2 Å². The molecule has 1 aromatic heterocycles. The third-order valence-corrected chi connectivity index (χ3v) is 10.3. The molecular formula is C35H43N5O6. The topological polar surface area (TPSA) is 158 Å². The highest BCUT2D eigenvalue weighted by molar-refractivity contribution is 5.98. The number of hydrogen-bond acceptors (Lipinski definition) is 7. The van der Waals surface area contributed by atoms with Crippen LogP contribution in [0.2, 0.25) is 0 Å². The molecule has 5 N–H and O–H groups in total. The number of aromatic nitrogens is 2. The van der Waals surface area contributed by atoms with Crippen LogP contribution in [0.15, 0.2) is 42.5 Å². The van der Waals surface area contributed by atoms with Gasteiger partial charge in [-0.25, -0.2) is 9.48 Å². The second-order valence-electron chi connectivity index (χ2n) is 13.3. The van der Waals surface area contributed by atoms with Crippen molar-refractivity contribution >= 4 is 17.8 Å². The van der Waals surface area contributed by atoms with Gasteiger partial charge in [0.25, 0.3) is 11.8 Å². The van der Waals surface area contributed by atoms with E-state index < -0.39 is 17.4 Å². The van der Waals surface area contributed by atoms with Gasteiger partial charge in [0, 0.05) is 18.7 Å². The lowest BCUT2D eigenvalue weighted by Gasteiger charge is -2.59. The number of nitrogens with zero attached hydrogens (tertiary/aromatic N) is 2. The first kappa shape index (κ1) is 31.6. The van der Waals surface area contributed by atoms with Crippen molar-refractivity contribution in [2.45, 2.75) is 57.4 Å². The highest BCUT2D eigenvalue weighted by Gasteiger charge is 2.62. The Kier molecular flexibility index (Phi) is 8.54. The second-order valence-corrected chi connectivity index (χ2v) is 13.3. The smallest absolute Gasteiger partial charge is 0.330 e. The van der Waals surface area contributed by atoms with Crippen LogP contribution < -0.4 is 25.8 Å². The van der Waals surface area contributed by atoms with E-state index in [1.807, 2.05) is 32.0 Å². The minimum absolute atomic E-state index is 0.0190. The number of amides is 2. The molecule has 0 spiro atoms. The van der Waals surface area contributed by atoms with Crippen molar-refractivity contribution in [3.05, 3.63) is 59.3 Å². The zero-order valence-electron chi connectivity index (χ0n) is 26.8. The quantitative estimate of drug-likeness (QED) is 0.243. The highest BCUT2D eigenvalue weighted by Crippen LogP contribution is 2.58. The normalized spacial score (nSPS) is 24.6. The fourth-order valence-electron chi connectivity index (χ4n) is 8.38. The molecule has 11 heteroatoms. The van der Waals surface area contributed by atoms with Crippen molar-refractivity contribution < 1.29 is 29.0 Å². The number of nitrogens with one attached hydrogen (secondary N) is 2. The Morgan fingerprint density at radius 2 is 1.61 bits per heavy atom. The number of carboxylic acids is 1. The van der Waals surface area contributed by atoms with Crippen LogP contribution in [0.1, 0.15) is 78.3 Å². The molecule has 7 rings (SSSR count). The van der Waals surface area contributed by atoms with Gasteiger partial charge >= 0.3 is 5.97 Å². The minimum atomic E-state index is -1.32. The first-order valence-corrected chi connectivity index (χ1v) is 16.1. The fourth-order valence-corrected chi connectivity index (χ4v) is 8.38. The average molecular weight is 630 g/mol. The van der Waals surface area contributed by atoms with Gasteiger partial charge in [-0.1, -0.05) is 19.9 Å². The van der Waals surface area contributed by atoms with Crippen LogP contribution >= 0.6 is 0 Å². The predicted octanol–water partition coefficient (Wildman–Crippen LogP) is 4.38. The van der Waals surface area contributed by atoms with E-state index in [9.17, 15) is 19.5 Å². The number of rotatable bonds is 11. The molecular weight excluding hydrogens is 586 g/mol. The summed E-state index contributed by atoms with van der Waals surface area (Å²) in [7, 11) is 3.12. The van der Waals surface area contributed by atoms with E-state index in [-0.39, 0.29) is 29.4 Å². The molecule has 0 atom stereocenters. The molecule has 0 radical (unpaired) electrons. The number of carbonyl (C=O) groups is 3. The van der Waals surface area contributed by atoms with Gasteiger partial charge in [0.1, 0.15) is 17.0 Å². The van der Waals surface area contributed by atoms with Gasteiger partial charge in [-0.3, -0.25) is 9.59 Å². The monoisotopic (exact) mass is 629 g/mol. The summed E-state index contributed by atoms with van der Waals surface area (Å²) in [6.07, 6.45) is 4.44. The maximum Gasteiger partial charge on any atom is 0.330 e. The van der Waals surface area contributed by atoms with Crippen molar-refractivity contribution in [2.75, 3.05) is 27.3 Å². The van der Waals surface area contributed by atoms with Gasteiger partial charge in [0.2, 0.25) is 0 Å². The summed E-state index contributed by atoms with van der Waals surface area (Å²) in [6.45, 7) is 4.72. The Morgan fingerprint density at radius 1 is 0.978 bits per heavy atom. The third-order valence-electron chi connectivity index (χ3n) is 10.3. The lowest BCUT2D eigenvalue weighted by atomic mass is 9.48. The van der Waals surface area contributed by atoms with Crippen LogP contribution in [-0.4, -0.2) is 65.5 Å². The summed E-state index contributed by atoms with van der Waals surface area (Å²) in [4.78, 5) is 40.0. The molecule has 244 valence electrons. The molecule has 4 aliphatic rings. The van der Waals surface area contributed by atoms with Crippen LogP contribution in [0.25, 0.3) is 16.9 Å². The lowest BCUT2D eigenvalue weighted by Crippen LogP contribution is -2.70. The molecule has 4 aliphatic carbocycles. The summed E-state index contributed by atoms with van der Waals surface area (Å²) in [5, 5.41) is 21.3. The first-order valence-electron chi connectivity index (χ1n) is 16.1. The van der Waals surface area contributed by atoms with Gasteiger partial charge in [0.05, 0.1) is 31.2 Å². The molecule has 11 nitrogen and oxygen atoms in total. The van der Waals surface area contributed by atoms with Crippen LogP contribution in [-0.2, 0) is 4.79 Å². The Hall–Kier alpha value is -4.38. The van der Waals surface area contributed by atoms with Crippen molar-refractivity contribution in [1.82, 2.24) is 20.4 Å². The molecule has 3 aromatic rings. The number of methoxy groups -OCH3 is 2. The van der Waals surface area contributed by atoms with E-state index in [0.717, 1.165) is 37.7 Å². The van der Waals surface area contributed by atoms with E-state index >= 15 is 0 Å². The zero-order chi connectivity index (χ0) is 32.7. The summed E-state index contributed by atoms with van der Waals surface area (Å²) < 4.78 is 13.1. The summed E-state index contributed by atoms with van der Waals surface area (Å²) in [5.41, 5.74) is 7.42. The zero-order valence-corrected chi connectivity index (χ0v) is 26.8. The van der Waals surface area contributed by atoms with Crippen LogP contribution in [0.3, 0.4) is 0 Å². The number of carboxylic acid groups (broad SMARTS) is 1. The van der Waals surface area contributed by atoms with E-state index in [2.05, 4.69) is 10.6 Å². The fraction of sp³-hybridized carbons (Fsp3) is 0.486. The molecule has 0 unspecified atom stereocenters. The number of carbonyl (C=O) groups excluding carboxylic acids is 2. The molecule has 4 bridgehead atoms. The van der Waals surface area contributed by atoms with Crippen LogP contribution in [0.4, 0.5) is 0 Å². The second kappa shape index (κ2) is 12.4. The standard InChI is InChI=1S/C35H43N5O6/c1-19(2)25-17-22(32(41)37-11-10-36)8-9-27(25)40-28(31-29(45-3)6-5-7-30(31)46-4)18-26(39-40)33(42)38-35(34(43)44)23-13-20-12-21(15-23)16-24(35)14-20/h5-9,17-21,23-24H,10-16,36H2,1-4H3,(H,37,41)(H,38,42)(H,43,44). The largest absolute Gasteiger partial charge is 0.496 e. The summed E-state index contributed by atoms with van der Waals surface area (Å²) in [6, 6.07) is 12.4. The van der Waals surface area contributed by atoms with E-state index in [4.69, 9.17) is 20.3 Å². The third kappa shape index (κ3) is 5.30. The van der Waals surface area contributed by atoms with E-state index in [0.29, 0.717) is 58.9 Å². The lowest BCUT2D eigenvalue weighted by molar-refractivity contribution is -0.163. The molecule has 1 heterocycles. The van der Waals surface area contributed by atoms with Gasteiger partial charge in [-0.15, -0.1) is 0 Å². The van der Waals surface area contributed by atoms with Crippen molar-refractivity contribution in [3.63, 3.8) is 0 Å². The maximum atomic E-state index is 14.2. The molecule has 2 aromatic carbocycles. The number of hydrogen-bond donors (Lipinski definition) is 4. The Bertz CT molecular complexity index is 1610. The Balaban J connectivity index is 1.47. The first-order chi connectivity index (χ1) is 22.1. The van der Waals surface area contributed by atoms with Crippen molar-refractivity contribution in [3.8, 4) is 28.4 Å². The number of aliphatic carboxylic acids is 1. The van der Waals surface area contributed by atoms with Crippen molar-refractivity contribution in [1.29, 1.82) is 0 Å². The van der Waals surface area contributed by atoms with Crippen molar-refractivity contribution in [2.24, 2.45) is 29.4 Å². The summed E-state index contributed by atoms with van der Waals surface area (Å²) in [5.74, 6) is 0.127. The maximum absolute atomic E-state index is 14.2. The number of ether oxygens (including phenoxy) is 2. The molecule has 4 fully saturated rings. The van der Waals surface area contributed by atoms with Gasteiger partial charge in [0.15, 0.2) is 5.69 Å². The molecule has 4 saturated carbocycles. The van der Waals surface area contributed by atoms with E-state index in [1.165, 1.54) is 0 Å². The minimum Gasteiger partial charge on any atom is -0.496 e. The number of nitrogens with two attached hydrogens (primary N) is 1. The molecule has 0 saturated heterocycles. The summed E-state index contributed by atoms with van der Waals surface area (Å²) >= 11 is 0. The van der Waals surface area contributed by atoms with Gasteiger partial charge in [-0.2, -0.15) is 5.10 Å². The van der Waals surface area contributed by atoms with Gasteiger partial charge < -0.3 is 30.9 Å². The van der Waals surface area contributed by atoms with Gasteiger partial charge in [-0.05, 0) is 104 Å². The van der Waals surface area contributed by atoms with Crippen LogP contribution in [0, 0.1) is 23.7 Å². The predicted molar refractivity (Wildman–Crippen MR) is 172 cm³/mol.